The van der Waals surface area contributed by atoms with Crippen LogP contribution in [0.5, 0.6) is 0 Å². The molecule has 3 nitrogen and oxygen atoms in total. The van der Waals surface area contributed by atoms with Crippen LogP contribution in [0.3, 0.4) is 0 Å². The van der Waals surface area contributed by atoms with Crippen molar-refractivity contribution in [1.82, 2.24) is 9.80 Å². The fourth-order valence-corrected chi connectivity index (χ4v) is 4.59. The van der Waals surface area contributed by atoms with Gasteiger partial charge in [-0.05, 0) is 56.3 Å². The largest absolute Gasteiger partial charge is 0.380 e. The van der Waals surface area contributed by atoms with Crippen LogP contribution >= 0.6 is 0 Å². The van der Waals surface area contributed by atoms with Crippen LogP contribution in [0.25, 0.3) is 0 Å². The van der Waals surface area contributed by atoms with Gasteiger partial charge in [0.15, 0.2) is 0 Å². The molecule has 0 amide bonds. The molecule has 3 heteroatoms. The summed E-state index contributed by atoms with van der Waals surface area (Å²) in [5.41, 5.74) is 2.06. The van der Waals surface area contributed by atoms with E-state index in [0.29, 0.717) is 11.5 Å². The monoisotopic (exact) mass is 300 g/mol. The minimum Gasteiger partial charge on any atom is -0.380 e. The van der Waals surface area contributed by atoms with Crippen molar-refractivity contribution in [1.29, 1.82) is 0 Å². The van der Waals surface area contributed by atoms with Crippen LogP contribution in [0.4, 0.5) is 0 Å². The Hall–Kier alpha value is -0.900. The number of hydrogen-bond donors (Lipinski definition) is 0. The lowest BCUT2D eigenvalue weighted by Crippen LogP contribution is -2.46. The summed E-state index contributed by atoms with van der Waals surface area (Å²) < 4.78 is 5.56. The van der Waals surface area contributed by atoms with Crippen LogP contribution in [-0.4, -0.2) is 55.2 Å². The summed E-state index contributed by atoms with van der Waals surface area (Å²) in [6, 6.07) is 11.6. The van der Waals surface area contributed by atoms with Gasteiger partial charge in [-0.25, -0.2) is 0 Å². The van der Waals surface area contributed by atoms with Crippen LogP contribution in [0.1, 0.15) is 31.2 Å². The highest BCUT2D eigenvalue weighted by Gasteiger charge is 2.41. The molecule has 1 aromatic rings. The van der Waals surface area contributed by atoms with E-state index in [9.17, 15) is 0 Å². The molecule has 3 aliphatic heterocycles. The molecule has 0 saturated carbocycles. The Kier molecular flexibility index (Phi) is 4.21. The van der Waals surface area contributed by atoms with Gasteiger partial charge in [0.1, 0.15) is 0 Å². The fourth-order valence-electron chi connectivity index (χ4n) is 4.59. The van der Waals surface area contributed by atoms with Crippen LogP contribution in [-0.2, 0) is 11.3 Å². The van der Waals surface area contributed by atoms with Gasteiger partial charge >= 0.3 is 0 Å². The second-order valence-corrected chi connectivity index (χ2v) is 7.50. The summed E-state index contributed by atoms with van der Waals surface area (Å²) in [5.74, 6) is 0. The average Bonchev–Trinajstić information content (AvgIpc) is 3.21. The zero-order valence-corrected chi connectivity index (χ0v) is 13.5. The summed E-state index contributed by atoms with van der Waals surface area (Å²) in [6.07, 6.45) is 5.41. The van der Waals surface area contributed by atoms with Gasteiger partial charge in [-0.15, -0.1) is 0 Å². The van der Waals surface area contributed by atoms with Crippen molar-refractivity contribution in [2.75, 3.05) is 39.4 Å². The zero-order chi connectivity index (χ0) is 14.8. The van der Waals surface area contributed by atoms with Crippen LogP contribution in [0.15, 0.2) is 30.3 Å². The first-order chi connectivity index (χ1) is 10.8. The van der Waals surface area contributed by atoms with Crippen molar-refractivity contribution >= 4 is 0 Å². The summed E-state index contributed by atoms with van der Waals surface area (Å²) in [6.45, 7) is 8.21. The summed E-state index contributed by atoms with van der Waals surface area (Å²) in [7, 11) is 0. The van der Waals surface area contributed by atoms with Crippen molar-refractivity contribution in [3.05, 3.63) is 35.9 Å². The molecule has 4 rings (SSSR count). The Morgan fingerprint density at radius 1 is 1.05 bits per heavy atom. The van der Waals surface area contributed by atoms with Gasteiger partial charge in [-0.3, -0.25) is 9.80 Å². The number of hydrogen-bond acceptors (Lipinski definition) is 3. The van der Waals surface area contributed by atoms with E-state index in [-0.39, 0.29) is 0 Å². The number of ether oxygens (including phenoxy) is 1. The van der Waals surface area contributed by atoms with E-state index in [4.69, 9.17) is 4.74 Å². The lowest BCUT2D eigenvalue weighted by Gasteiger charge is -2.41. The Labute approximate surface area is 134 Å². The van der Waals surface area contributed by atoms with E-state index in [2.05, 4.69) is 40.1 Å². The Morgan fingerprint density at radius 2 is 1.82 bits per heavy atom. The maximum Gasteiger partial charge on any atom is 0.0622 e. The van der Waals surface area contributed by atoms with Gasteiger partial charge in [0.2, 0.25) is 0 Å². The molecule has 1 aromatic carbocycles. The molecule has 22 heavy (non-hydrogen) atoms. The molecule has 120 valence electrons. The first-order valence-corrected chi connectivity index (χ1v) is 8.91. The molecule has 1 spiro atoms. The summed E-state index contributed by atoms with van der Waals surface area (Å²) >= 11 is 0. The van der Waals surface area contributed by atoms with Crippen molar-refractivity contribution < 1.29 is 4.74 Å². The van der Waals surface area contributed by atoms with Gasteiger partial charge in [-0.2, -0.15) is 0 Å². The van der Waals surface area contributed by atoms with E-state index < -0.39 is 0 Å². The molecular formula is C19H28N2O. The Bertz CT molecular complexity index is 475. The number of likely N-dealkylation sites (tertiary alicyclic amines) is 2. The van der Waals surface area contributed by atoms with Gasteiger partial charge in [0.25, 0.3) is 0 Å². The fraction of sp³-hybridized carbons (Fsp3) is 0.684. The molecule has 3 saturated heterocycles. The van der Waals surface area contributed by atoms with E-state index in [1.807, 2.05) is 0 Å². The van der Waals surface area contributed by atoms with Gasteiger partial charge in [-0.1, -0.05) is 30.3 Å². The van der Waals surface area contributed by atoms with Crippen LogP contribution < -0.4 is 0 Å². The van der Waals surface area contributed by atoms with E-state index in [1.165, 1.54) is 57.4 Å². The first-order valence-electron chi connectivity index (χ1n) is 8.91. The third-order valence-electron chi connectivity index (χ3n) is 6.05. The minimum absolute atomic E-state index is 0.602. The number of nitrogens with zero attached hydrogens (tertiary/aromatic N) is 2. The zero-order valence-electron chi connectivity index (χ0n) is 13.5. The second kappa shape index (κ2) is 6.31. The second-order valence-electron chi connectivity index (χ2n) is 7.50. The molecule has 3 fully saturated rings. The lowest BCUT2D eigenvalue weighted by molar-refractivity contribution is 0.0678. The van der Waals surface area contributed by atoms with E-state index in [1.54, 1.807) is 0 Å². The van der Waals surface area contributed by atoms with Crippen molar-refractivity contribution in [3.8, 4) is 0 Å². The molecule has 0 aliphatic carbocycles. The van der Waals surface area contributed by atoms with Gasteiger partial charge in [0.05, 0.1) is 6.61 Å². The summed E-state index contributed by atoms with van der Waals surface area (Å²) in [4.78, 5) is 5.36. The van der Waals surface area contributed by atoms with Gasteiger partial charge < -0.3 is 4.74 Å². The molecule has 0 radical (unpaired) electrons. The third-order valence-corrected chi connectivity index (χ3v) is 6.05. The standard InChI is InChI=1S/C19H28N2O/c1-2-4-17(5-3-1)14-20-10-7-19(16-20)8-11-21(12-9-19)18-6-13-22-15-18/h1-5,18H,6-16H2. The molecule has 0 aromatic heterocycles. The molecule has 1 atom stereocenters. The lowest BCUT2D eigenvalue weighted by atomic mass is 9.77. The Balaban J connectivity index is 1.31. The predicted molar refractivity (Wildman–Crippen MR) is 88.8 cm³/mol. The number of rotatable bonds is 3. The molecule has 3 heterocycles. The third kappa shape index (κ3) is 3.08. The maximum atomic E-state index is 5.56. The predicted octanol–water partition coefficient (Wildman–Crippen LogP) is 2.76. The van der Waals surface area contributed by atoms with Crippen LogP contribution in [0.2, 0.25) is 0 Å². The SMILES string of the molecule is c1ccc(CN2CCC3(CCN(C4CCOC4)CC3)C2)cc1. The molecule has 3 aliphatic rings. The highest BCUT2D eigenvalue weighted by atomic mass is 16.5. The normalized spacial score (nSPS) is 29.4. The van der Waals surface area contributed by atoms with E-state index in [0.717, 1.165) is 19.8 Å². The summed E-state index contributed by atoms with van der Waals surface area (Å²) in [5, 5.41) is 0. The minimum atomic E-state index is 0.602. The number of piperidine rings is 1. The van der Waals surface area contributed by atoms with Gasteiger partial charge in [0, 0.05) is 25.7 Å². The van der Waals surface area contributed by atoms with Crippen molar-refractivity contribution in [2.24, 2.45) is 5.41 Å². The topological polar surface area (TPSA) is 15.7 Å². The van der Waals surface area contributed by atoms with Crippen molar-refractivity contribution in [3.63, 3.8) is 0 Å². The molecule has 1 unspecified atom stereocenters. The van der Waals surface area contributed by atoms with Crippen LogP contribution in [0, 0.1) is 5.41 Å². The molecule has 0 N–H and O–H groups in total. The smallest absolute Gasteiger partial charge is 0.0622 e. The average molecular weight is 300 g/mol. The molecular weight excluding hydrogens is 272 g/mol. The highest BCUT2D eigenvalue weighted by molar-refractivity contribution is 5.15. The maximum absolute atomic E-state index is 5.56. The number of benzene rings is 1. The highest BCUT2D eigenvalue weighted by Crippen LogP contribution is 2.41. The van der Waals surface area contributed by atoms with E-state index >= 15 is 0 Å². The first kappa shape index (κ1) is 14.7. The molecule has 0 bridgehead atoms. The Morgan fingerprint density at radius 3 is 2.55 bits per heavy atom. The van der Waals surface area contributed by atoms with Crippen molar-refractivity contribution in [2.45, 2.75) is 38.3 Å². The quantitative estimate of drug-likeness (QED) is 0.854.